The lowest BCUT2D eigenvalue weighted by atomic mass is 9.84. The fourth-order valence-corrected chi connectivity index (χ4v) is 3.31. The number of hydrogen-bond donors (Lipinski definition) is 1. The second kappa shape index (κ2) is 8.98. The van der Waals surface area contributed by atoms with Gasteiger partial charge in [0.15, 0.2) is 0 Å². The quantitative estimate of drug-likeness (QED) is 0.660. The predicted molar refractivity (Wildman–Crippen MR) is 80.0 cm³/mol. The van der Waals surface area contributed by atoms with E-state index < -0.39 is 0 Å². The van der Waals surface area contributed by atoms with Crippen molar-refractivity contribution in [3.8, 4) is 0 Å². The molecule has 2 rings (SSSR count). The smallest absolute Gasteiger partial charge is 0.0991 e. The molecular formula is C16H31NO3. The number of nitrogens with one attached hydrogen (secondary N) is 1. The average Bonchev–Trinajstić information content (AvgIpc) is 2.47. The van der Waals surface area contributed by atoms with E-state index in [-0.39, 0.29) is 12.2 Å². The second-order valence-electron chi connectivity index (χ2n) is 6.10. The summed E-state index contributed by atoms with van der Waals surface area (Å²) in [5.41, 5.74) is 0. The fourth-order valence-electron chi connectivity index (χ4n) is 3.31. The molecule has 0 aromatic heterocycles. The van der Waals surface area contributed by atoms with Crippen LogP contribution in [0.25, 0.3) is 0 Å². The molecule has 0 amide bonds. The minimum Gasteiger partial charge on any atom is -0.382 e. The summed E-state index contributed by atoms with van der Waals surface area (Å²) < 4.78 is 17.1. The summed E-state index contributed by atoms with van der Waals surface area (Å²) in [6.07, 6.45) is 8.42. The molecule has 2 saturated carbocycles. The molecule has 0 spiro atoms. The van der Waals surface area contributed by atoms with Crippen LogP contribution in [0, 0.1) is 5.92 Å². The molecular weight excluding hydrogens is 254 g/mol. The molecule has 0 radical (unpaired) electrons. The van der Waals surface area contributed by atoms with Crippen LogP contribution in [0.1, 0.15) is 45.4 Å². The Morgan fingerprint density at radius 1 is 1.05 bits per heavy atom. The minimum atomic E-state index is 0.202. The van der Waals surface area contributed by atoms with Crippen LogP contribution in [-0.2, 0) is 14.2 Å². The van der Waals surface area contributed by atoms with Crippen LogP contribution >= 0.6 is 0 Å². The third kappa shape index (κ3) is 4.69. The Labute approximate surface area is 123 Å². The molecule has 0 heterocycles. The maximum atomic E-state index is 6.13. The van der Waals surface area contributed by atoms with Gasteiger partial charge in [-0.1, -0.05) is 26.2 Å². The van der Waals surface area contributed by atoms with Crippen LogP contribution in [0.4, 0.5) is 0 Å². The molecule has 118 valence electrons. The number of ether oxygens (including phenoxy) is 3. The first-order chi connectivity index (χ1) is 9.85. The summed E-state index contributed by atoms with van der Waals surface area (Å²) in [5, 5.41) is 3.48. The van der Waals surface area contributed by atoms with Gasteiger partial charge < -0.3 is 19.5 Å². The Bertz CT molecular complexity index is 256. The molecule has 0 aromatic carbocycles. The normalized spacial score (nSPS) is 31.2. The second-order valence-corrected chi connectivity index (χ2v) is 6.10. The Morgan fingerprint density at radius 3 is 2.55 bits per heavy atom. The van der Waals surface area contributed by atoms with Gasteiger partial charge in [0.25, 0.3) is 0 Å². The van der Waals surface area contributed by atoms with Gasteiger partial charge in [0.1, 0.15) is 0 Å². The molecule has 0 aliphatic heterocycles. The summed E-state index contributed by atoms with van der Waals surface area (Å²) in [4.78, 5) is 0. The topological polar surface area (TPSA) is 39.7 Å². The Balaban J connectivity index is 1.68. The van der Waals surface area contributed by atoms with Crippen molar-refractivity contribution < 1.29 is 14.2 Å². The van der Waals surface area contributed by atoms with Crippen molar-refractivity contribution in [1.82, 2.24) is 5.32 Å². The van der Waals surface area contributed by atoms with E-state index in [1.165, 1.54) is 32.1 Å². The van der Waals surface area contributed by atoms with Crippen LogP contribution in [0.15, 0.2) is 0 Å². The van der Waals surface area contributed by atoms with Gasteiger partial charge >= 0.3 is 0 Å². The molecule has 0 saturated heterocycles. The third-order valence-corrected chi connectivity index (χ3v) is 4.58. The van der Waals surface area contributed by atoms with Crippen molar-refractivity contribution in [1.29, 1.82) is 0 Å². The van der Waals surface area contributed by atoms with Crippen LogP contribution in [-0.4, -0.2) is 51.7 Å². The molecule has 1 N–H and O–H groups in total. The van der Waals surface area contributed by atoms with E-state index in [2.05, 4.69) is 12.2 Å². The molecule has 0 aromatic rings. The molecule has 2 aliphatic rings. The summed E-state index contributed by atoms with van der Waals surface area (Å²) in [6.45, 7) is 5.37. The zero-order valence-electron chi connectivity index (χ0n) is 13.1. The number of methoxy groups -OCH3 is 1. The van der Waals surface area contributed by atoms with E-state index in [1.807, 2.05) is 0 Å². The highest BCUT2D eigenvalue weighted by molar-refractivity contribution is 4.97. The standard InChI is InChI=1S/C16H31NO3/c1-3-17-14-11-15(16(14)19-10-9-18-2)20-12-13-7-5-4-6-8-13/h13-17H,3-12H2,1-2H3. The van der Waals surface area contributed by atoms with Crippen LogP contribution in [0.3, 0.4) is 0 Å². The highest BCUT2D eigenvalue weighted by atomic mass is 16.6. The van der Waals surface area contributed by atoms with E-state index in [9.17, 15) is 0 Å². The first-order valence-corrected chi connectivity index (χ1v) is 8.30. The first-order valence-electron chi connectivity index (χ1n) is 8.30. The lowest BCUT2D eigenvalue weighted by Gasteiger charge is -2.44. The zero-order valence-corrected chi connectivity index (χ0v) is 13.1. The molecule has 3 unspecified atom stereocenters. The SMILES string of the molecule is CCNC1CC(OCC2CCCCC2)C1OCCOC. The van der Waals surface area contributed by atoms with Crippen LogP contribution < -0.4 is 5.32 Å². The highest BCUT2D eigenvalue weighted by Crippen LogP contribution is 2.30. The van der Waals surface area contributed by atoms with Crippen LogP contribution in [0.2, 0.25) is 0 Å². The van der Waals surface area contributed by atoms with Gasteiger partial charge in [0.05, 0.1) is 25.4 Å². The lowest BCUT2D eigenvalue weighted by Crippen LogP contribution is -2.60. The van der Waals surface area contributed by atoms with E-state index in [1.54, 1.807) is 7.11 Å². The summed E-state index contributed by atoms with van der Waals surface area (Å²) >= 11 is 0. The van der Waals surface area contributed by atoms with Crippen molar-refractivity contribution >= 4 is 0 Å². The highest BCUT2D eigenvalue weighted by Gasteiger charge is 2.42. The van der Waals surface area contributed by atoms with Gasteiger partial charge in [0.2, 0.25) is 0 Å². The van der Waals surface area contributed by atoms with E-state index in [0.29, 0.717) is 19.3 Å². The summed E-state index contributed by atoms with van der Waals surface area (Å²) in [6, 6.07) is 0.452. The van der Waals surface area contributed by atoms with Gasteiger partial charge in [-0.15, -0.1) is 0 Å². The maximum Gasteiger partial charge on any atom is 0.0991 e. The largest absolute Gasteiger partial charge is 0.382 e. The van der Waals surface area contributed by atoms with Gasteiger partial charge in [0, 0.05) is 19.8 Å². The van der Waals surface area contributed by atoms with Crippen molar-refractivity contribution in [3.05, 3.63) is 0 Å². The molecule has 0 bridgehead atoms. The van der Waals surface area contributed by atoms with E-state index in [4.69, 9.17) is 14.2 Å². The van der Waals surface area contributed by atoms with Gasteiger partial charge in [-0.2, -0.15) is 0 Å². The van der Waals surface area contributed by atoms with Crippen LogP contribution in [0.5, 0.6) is 0 Å². The fraction of sp³-hybridized carbons (Fsp3) is 1.00. The molecule has 2 aliphatic carbocycles. The summed E-state index contributed by atoms with van der Waals surface area (Å²) in [5.74, 6) is 0.779. The first kappa shape index (κ1) is 16.2. The zero-order chi connectivity index (χ0) is 14.2. The Hall–Kier alpha value is -0.160. The summed E-state index contributed by atoms with van der Waals surface area (Å²) in [7, 11) is 1.71. The molecule has 3 atom stereocenters. The molecule has 4 heteroatoms. The average molecular weight is 285 g/mol. The van der Waals surface area contributed by atoms with Gasteiger partial charge in [-0.25, -0.2) is 0 Å². The maximum absolute atomic E-state index is 6.13. The van der Waals surface area contributed by atoms with Crippen molar-refractivity contribution in [2.45, 2.75) is 63.7 Å². The van der Waals surface area contributed by atoms with Crippen molar-refractivity contribution in [2.75, 3.05) is 33.5 Å². The molecule has 4 nitrogen and oxygen atoms in total. The number of rotatable bonds is 9. The van der Waals surface area contributed by atoms with E-state index in [0.717, 1.165) is 25.5 Å². The number of likely N-dealkylation sites (N-methyl/N-ethyl adjacent to an activating group) is 1. The minimum absolute atomic E-state index is 0.202. The van der Waals surface area contributed by atoms with Gasteiger partial charge in [-0.05, 0) is 31.7 Å². The predicted octanol–water partition coefficient (Wildman–Crippen LogP) is 2.37. The third-order valence-electron chi connectivity index (χ3n) is 4.58. The van der Waals surface area contributed by atoms with Crippen molar-refractivity contribution in [3.63, 3.8) is 0 Å². The van der Waals surface area contributed by atoms with Gasteiger partial charge in [-0.3, -0.25) is 0 Å². The van der Waals surface area contributed by atoms with Crippen molar-refractivity contribution in [2.24, 2.45) is 5.92 Å². The molecule has 2 fully saturated rings. The monoisotopic (exact) mass is 285 g/mol. The number of hydrogen-bond acceptors (Lipinski definition) is 4. The Kier molecular flexibility index (Phi) is 7.28. The molecule has 20 heavy (non-hydrogen) atoms. The van der Waals surface area contributed by atoms with E-state index >= 15 is 0 Å². The lowest BCUT2D eigenvalue weighted by molar-refractivity contribution is -0.157. The Morgan fingerprint density at radius 2 is 1.85 bits per heavy atom.